The topological polar surface area (TPSA) is 162 Å². The van der Waals surface area contributed by atoms with Gasteiger partial charge in [0.1, 0.15) is 28.9 Å². The number of aromatic nitrogens is 3. The van der Waals surface area contributed by atoms with Crippen molar-refractivity contribution in [3.05, 3.63) is 59.8 Å². The Kier molecular flexibility index (Phi) is 12.0. The van der Waals surface area contributed by atoms with Crippen LogP contribution < -0.4 is 26.2 Å². The lowest BCUT2D eigenvalue weighted by molar-refractivity contribution is -0.138. The molecule has 308 valence electrons. The monoisotopic (exact) mass is 797 g/mol. The first-order valence-electron chi connectivity index (χ1n) is 21.2. The van der Waals surface area contributed by atoms with E-state index in [2.05, 4.69) is 41.1 Å². The molecule has 13 nitrogen and oxygen atoms in total. The van der Waals surface area contributed by atoms with E-state index in [4.69, 9.17) is 0 Å². The number of pyridine rings is 1. The molecule has 5 aliphatic rings. The number of carbonyl (C=O) groups excluding carboxylic acids is 4. The van der Waals surface area contributed by atoms with Crippen LogP contribution in [0.1, 0.15) is 114 Å². The van der Waals surface area contributed by atoms with E-state index < -0.39 is 23.3 Å². The third-order valence-electron chi connectivity index (χ3n) is 12.9. The van der Waals surface area contributed by atoms with E-state index in [1.54, 1.807) is 35.2 Å². The maximum Gasteiger partial charge on any atom is 0.249 e. The van der Waals surface area contributed by atoms with Crippen LogP contribution in [0.5, 0.6) is 0 Å². The predicted molar refractivity (Wildman–Crippen MR) is 215 cm³/mol. The van der Waals surface area contributed by atoms with Gasteiger partial charge in [-0.3, -0.25) is 34.3 Å². The fraction of sp³-hybridized carbons (Fsp3) is 0.558. The molecule has 2 aromatic heterocycles. The Bertz CT molecular complexity index is 2010. The van der Waals surface area contributed by atoms with Crippen molar-refractivity contribution >= 4 is 41.1 Å². The van der Waals surface area contributed by atoms with Gasteiger partial charge in [0.2, 0.25) is 29.6 Å². The van der Waals surface area contributed by atoms with Crippen LogP contribution in [0, 0.1) is 11.6 Å². The standard InChI is InChI=1S/C43H53F2N9O4/c44-32-25-30(47-35-16-17-37(55)51-40(35)57)14-15-31(32)27-18-23-53(24-19-27)43(20-3-1-4-21-43)41(58)48-28-10-12-29(13-11-28)49-42-46-26-33(45)39(52-42)34-7-6-8-36(50-34)54-22-5-2-9-38(54)56/h6-8,14-15,25-29,35,47H,1-5,9-13,16-24H2,(H,48,58)(H,46,49,52)(H,51,55,57). The van der Waals surface area contributed by atoms with Gasteiger partial charge in [0, 0.05) is 37.2 Å². The summed E-state index contributed by atoms with van der Waals surface area (Å²) in [4.78, 5) is 67.8. The molecule has 15 heteroatoms. The van der Waals surface area contributed by atoms with E-state index in [1.165, 1.54) is 6.07 Å². The Hall–Kier alpha value is -5.05. The van der Waals surface area contributed by atoms with Crippen LogP contribution in [0.3, 0.4) is 0 Å². The lowest BCUT2D eigenvalue weighted by Crippen LogP contribution is -2.62. The molecule has 4 N–H and O–H groups in total. The maximum atomic E-state index is 15.5. The molecule has 0 bridgehead atoms. The van der Waals surface area contributed by atoms with Crippen molar-refractivity contribution in [3.63, 3.8) is 0 Å². The minimum absolute atomic E-state index is 0.0173. The van der Waals surface area contributed by atoms with Gasteiger partial charge in [-0.15, -0.1) is 0 Å². The molecule has 1 atom stereocenters. The lowest BCUT2D eigenvalue weighted by Gasteiger charge is -2.48. The quantitative estimate of drug-likeness (QED) is 0.180. The molecule has 5 heterocycles. The molecule has 0 radical (unpaired) electrons. The molecule has 2 saturated carbocycles. The average Bonchev–Trinajstić information content (AvgIpc) is 3.24. The van der Waals surface area contributed by atoms with Crippen LogP contribution in [-0.2, 0) is 19.2 Å². The average molecular weight is 798 g/mol. The van der Waals surface area contributed by atoms with Crippen LogP contribution >= 0.6 is 0 Å². The Morgan fingerprint density at radius 1 is 0.793 bits per heavy atom. The van der Waals surface area contributed by atoms with Gasteiger partial charge in [0.25, 0.3) is 0 Å². The summed E-state index contributed by atoms with van der Waals surface area (Å²) in [6, 6.07) is 9.77. The van der Waals surface area contributed by atoms with Crippen molar-refractivity contribution in [1.29, 1.82) is 0 Å². The fourth-order valence-corrected chi connectivity index (χ4v) is 9.68. The molecule has 2 aliphatic carbocycles. The Morgan fingerprint density at radius 3 is 2.31 bits per heavy atom. The molecule has 3 aliphatic heterocycles. The van der Waals surface area contributed by atoms with E-state index >= 15 is 8.78 Å². The first-order valence-corrected chi connectivity index (χ1v) is 21.2. The number of nitrogens with one attached hydrogen (secondary N) is 4. The number of anilines is 3. The fourth-order valence-electron chi connectivity index (χ4n) is 9.68. The summed E-state index contributed by atoms with van der Waals surface area (Å²) in [5, 5.41) is 12.2. The normalized spacial score (nSPS) is 24.6. The van der Waals surface area contributed by atoms with Gasteiger partial charge in [-0.05, 0) is 119 Å². The highest BCUT2D eigenvalue weighted by Gasteiger charge is 2.46. The van der Waals surface area contributed by atoms with E-state index in [0.29, 0.717) is 61.2 Å². The summed E-state index contributed by atoms with van der Waals surface area (Å²) in [6.07, 6.45) is 13.4. The second kappa shape index (κ2) is 17.4. The van der Waals surface area contributed by atoms with Crippen molar-refractivity contribution in [3.8, 4) is 11.4 Å². The summed E-state index contributed by atoms with van der Waals surface area (Å²) in [5.41, 5.74) is 1.01. The number of likely N-dealkylation sites (tertiary alicyclic amines) is 1. The van der Waals surface area contributed by atoms with Crippen molar-refractivity contribution in [2.45, 2.75) is 132 Å². The number of nitrogens with zero attached hydrogens (tertiary/aromatic N) is 5. The number of amides is 4. The van der Waals surface area contributed by atoms with Gasteiger partial charge in [0.05, 0.1) is 11.9 Å². The van der Waals surface area contributed by atoms with Crippen LogP contribution in [0.2, 0.25) is 0 Å². The molecule has 1 aromatic carbocycles. The van der Waals surface area contributed by atoms with Gasteiger partial charge in [0.15, 0.2) is 5.82 Å². The first-order chi connectivity index (χ1) is 28.1. The summed E-state index contributed by atoms with van der Waals surface area (Å²) in [6.45, 7) is 2.01. The van der Waals surface area contributed by atoms with E-state index in [0.717, 1.165) is 89.7 Å². The van der Waals surface area contributed by atoms with E-state index in [-0.39, 0.29) is 53.7 Å². The number of hydrogen-bond acceptors (Lipinski definition) is 10. The molecule has 1 unspecified atom stereocenters. The molecule has 58 heavy (non-hydrogen) atoms. The number of halogens is 2. The molecule has 4 amide bonds. The summed E-state index contributed by atoms with van der Waals surface area (Å²) < 4.78 is 30.5. The van der Waals surface area contributed by atoms with Crippen LogP contribution in [0.15, 0.2) is 42.6 Å². The van der Waals surface area contributed by atoms with Gasteiger partial charge in [-0.2, -0.15) is 0 Å². The summed E-state index contributed by atoms with van der Waals surface area (Å²) in [5.74, 6) is -0.631. The zero-order chi connectivity index (χ0) is 40.2. The SMILES string of the molecule is O=C1CCC(Nc2ccc(C3CCN(C4(C(=O)NC5CCC(Nc6ncc(F)c(-c7cccc(N8CCCCC8=O)n7)n6)CC5)CCCCC4)CC3)c(F)c2)C(=O)N1. The highest BCUT2D eigenvalue weighted by molar-refractivity contribution is 6.01. The van der Waals surface area contributed by atoms with Crippen LogP contribution in [-0.4, -0.2) is 86.8 Å². The molecular formula is C43H53F2N9O4. The molecule has 3 aromatic rings. The van der Waals surface area contributed by atoms with E-state index in [9.17, 15) is 19.2 Å². The highest BCUT2D eigenvalue weighted by atomic mass is 19.1. The molecule has 8 rings (SSSR count). The van der Waals surface area contributed by atoms with Gasteiger partial charge >= 0.3 is 0 Å². The van der Waals surface area contributed by atoms with Crippen molar-refractivity contribution in [2.75, 3.05) is 35.2 Å². The van der Waals surface area contributed by atoms with Gasteiger partial charge in [-0.1, -0.05) is 31.4 Å². The Labute approximate surface area is 337 Å². The second-order valence-corrected chi connectivity index (χ2v) is 16.7. The molecular weight excluding hydrogens is 745 g/mol. The minimum Gasteiger partial charge on any atom is -0.374 e. The van der Waals surface area contributed by atoms with Crippen LogP contribution in [0.25, 0.3) is 11.4 Å². The smallest absolute Gasteiger partial charge is 0.249 e. The minimum atomic E-state index is -0.588. The summed E-state index contributed by atoms with van der Waals surface area (Å²) in [7, 11) is 0. The molecule has 5 fully saturated rings. The zero-order valence-electron chi connectivity index (χ0n) is 32.9. The number of imide groups is 1. The number of piperidine rings is 3. The largest absolute Gasteiger partial charge is 0.374 e. The van der Waals surface area contributed by atoms with Crippen molar-refractivity contribution in [1.82, 2.24) is 30.5 Å². The maximum absolute atomic E-state index is 15.5. The number of carbonyl (C=O) groups is 4. The van der Waals surface area contributed by atoms with Gasteiger partial charge < -0.3 is 16.0 Å². The summed E-state index contributed by atoms with van der Waals surface area (Å²) >= 11 is 0. The second-order valence-electron chi connectivity index (χ2n) is 16.7. The third kappa shape index (κ3) is 8.69. The predicted octanol–water partition coefficient (Wildman–Crippen LogP) is 5.97. The lowest BCUT2D eigenvalue weighted by atomic mass is 9.76. The Morgan fingerprint density at radius 2 is 1.57 bits per heavy atom. The van der Waals surface area contributed by atoms with Crippen LogP contribution in [0.4, 0.5) is 26.2 Å². The molecule has 3 saturated heterocycles. The van der Waals surface area contributed by atoms with E-state index in [1.807, 2.05) is 0 Å². The molecule has 0 spiro atoms. The number of benzene rings is 1. The zero-order valence-corrected chi connectivity index (χ0v) is 32.9. The third-order valence-corrected chi connectivity index (χ3v) is 12.9. The van der Waals surface area contributed by atoms with Crippen molar-refractivity contribution in [2.24, 2.45) is 0 Å². The first kappa shape index (κ1) is 39.8. The van der Waals surface area contributed by atoms with Gasteiger partial charge in [-0.25, -0.2) is 23.7 Å². The Balaban J connectivity index is 0.847. The number of rotatable bonds is 10. The highest BCUT2D eigenvalue weighted by Crippen LogP contribution is 2.40. The number of hydrogen-bond donors (Lipinski definition) is 4. The van der Waals surface area contributed by atoms with Crippen molar-refractivity contribution < 1.29 is 28.0 Å².